The molecule has 0 aliphatic heterocycles. The highest BCUT2D eigenvalue weighted by Gasteiger charge is 2.12. The number of carbonyl (C=O) groups is 1. The number of allylic oxidation sites excluding steroid dienone is 1. The standard InChI is InChI=1S/C9H16NO4P/c1-3-4-14-9(11)8(10)5-7(2)6-15(12)13/h5,8H,3-4,6,10H2,1-2H3. The second-order valence-corrected chi connectivity index (χ2v) is 4.18. The Bertz CT molecular complexity index is 301. The minimum Gasteiger partial charge on any atom is -0.464 e. The van der Waals surface area contributed by atoms with Gasteiger partial charge in [0.25, 0.3) is 0 Å². The molecule has 0 fully saturated rings. The maximum atomic E-state index is 11.2. The van der Waals surface area contributed by atoms with E-state index >= 15 is 0 Å². The third kappa shape index (κ3) is 7.05. The van der Waals surface area contributed by atoms with Gasteiger partial charge in [-0.1, -0.05) is 18.6 Å². The maximum Gasteiger partial charge on any atom is 0.326 e. The van der Waals surface area contributed by atoms with Crippen LogP contribution in [0.25, 0.3) is 0 Å². The van der Waals surface area contributed by atoms with Crippen molar-refractivity contribution in [1.82, 2.24) is 0 Å². The quantitative estimate of drug-likeness (QED) is 0.425. The van der Waals surface area contributed by atoms with E-state index in [0.29, 0.717) is 12.2 Å². The molecular formula is C9H16NO4P. The highest BCUT2D eigenvalue weighted by atomic mass is 31.1. The summed E-state index contributed by atoms with van der Waals surface area (Å²) in [5.74, 6) is -0.530. The summed E-state index contributed by atoms with van der Waals surface area (Å²) in [5, 5.41) is 0. The molecule has 0 spiro atoms. The molecule has 0 rings (SSSR count). The summed E-state index contributed by atoms with van der Waals surface area (Å²) in [7, 11) is -2.48. The number of hydrogen-bond donors (Lipinski definition) is 1. The van der Waals surface area contributed by atoms with Gasteiger partial charge in [-0.2, -0.15) is 0 Å². The molecule has 0 radical (unpaired) electrons. The average molecular weight is 233 g/mol. The van der Waals surface area contributed by atoms with Crippen molar-refractivity contribution in [3.8, 4) is 0 Å². The molecule has 15 heavy (non-hydrogen) atoms. The molecule has 0 amide bonds. The van der Waals surface area contributed by atoms with Gasteiger partial charge in [0.1, 0.15) is 6.04 Å². The summed E-state index contributed by atoms with van der Waals surface area (Å²) in [6.45, 7) is 3.81. The Hall–Kier alpha value is -0.930. The molecule has 0 aliphatic carbocycles. The summed E-state index contributed by atoms with van der Waals surface area (Å²) < 4.78 is 25.5. The van der Waals surface area contributed by atoms with Gasteiger partial charge in [0.2, 0.25) is 0 Å². The summed E-state index contributed by atoms with van der Waals surface area (Å²) in [6.07, 6.45) is 2.06. The van der Waals surface area contributed by atoms with Gasteiger partial charge in [0, 0.05) is 0 Å². The minimum absolute atomic E-state index is 0.0793. The first-order valence-corrected chi connectivity index (χ1v) is 6.05. The van der Waals surface area contributed by atoms with E-state index in [1.807, 2.05) is 6.92 Å². The molecule has 5 nitrogen and oxygen atoms in total. The second kappa shape index (κ2) is 7.37. The maximum absolute atomic E-state index is 11.2. The Morgan fingerprint density at radius 1 is 1.53 bits per heavy atom. The van der Waals surface area contributed by atoms with Crippen molar-refractivity contribution in [2.75, 3.05) is 12.8 Å². The molecular weight excluding hydrogens is 217 g/mol. The first-order valence-electron chi connectivity index (χ1n) is 4.68. The zero-order chi connectivity index (χ0) is 11.8. The Morgan fingerprint density at radius 3 is 2.60 bits per heavy atom. The van der Waals surface area contributed by atoms with E-state index in [2.05, 4.69) is 0 Å². The van der Waals surface area contributed by atoms with Gasteiger partial charge in [0.05, 0.1) is 12.8 Å². The second-order valence-electron chi connectivity index (χ2n) is 3.20. The SMILES string of the molecule is CCCOC(=O)C(N)C=C(C)CP(=O)=O. The van der Waals surface area contributed by atoms with Crippen molar-refractivity contribution >= 4 is 13.6 Å². The molecule has 0 aromatic rings. The van der Waals surface area contributed by atoms with Crippen molar-refractivity contribution in [3.63, 3.8) is 0 Å². The van der Waals surface area contributed by atoms with Gasteiger partial charge in [-0.25, -0.2) is 9.13 Å². The van der Waals surface area contributed by atoms with Crippen LogP contribution in [-0.2, 0) is 18.7 Å². The van der Waals surface area contributed by atoms with Crippen molar-refractivity contribution < 1.29 is 18.7 Å². The summed E-state index contributed by atoms with van der Waals surface area (Å²) >= 11 is 0. The third-order valence-electron chi connectivity index (χ3n) is 1.56. The first kappa shape index (κ1) is 14.1. The normalized spacial score (nSPS) is 13.4. The highest BCUT2D eigenvalue weighted by molar-refractivity contribution is 7.31. The molecule has 1 atom stereocenters. The van der Waals surface area contributed by atoms with Crippen LogP contribution in [0.1, 0.15) is 20.3 Å². The Kier molecular flexibility index (Phi) is 6.92. The number of hydrogen-bond acceptors (Lipinski definition) is 5. The van der Waals surface area contributed by atoms with Crippen LogP contribution in [0.3, 0.4) is 0 Å². The molecule has 6 heteroatoms. The Labute approximate surface area is 89.5 Å². The van der Waals surface area contributed by atoms with Crippen LogP contribution >= 0.6 is 7.68 Å². The van der Waals surface area contributed by atoms with Gasteiger partial charge >= 0.3 is 13.6 Å². The monoisotopic (exact) mass is 233 g/mol. The third-order valence-corrected chi connectivity index (χ3v) is 2.32. The van der Waals surface area contributed by atoms with Crippen molar-refractivity contribution in [2.24, 2.45) is 5.73 Å². The van der Waals surface area contributed by atoms with Crippen LogP contribution < -0.4 is 5.73 Å². The zero-order valence-corrected chi connectivity index (χ0v) is 9.83. The lowest BCUT2D eigenvalue weighted by molar-refractivity contribution is -0.144. The lowest BCUT2D eigenvalue weighted by Crippen LogP contribution is -2.30. The number of nitrogens with two attached hydrogens (primary N) is 1. The molecule has 0 aliphatic rings. The number of ether oxygens (including phenoxy) is 1. The van der Waals surface area contributed by atoms with Gasteiger partial charge < -0.3 is 10.5 Å². The summed E-state index contributed by atoms with van der Waals surface area (Å²) in [5.41, 5.74) is 6.04. The Balaban J connectivity index is 4.20. The van der Waals surface area contributed by atoms with E-state index in [0.717, 1.165) is 6.42 Å². The number of esters is 1. The van der Waals surface area contributed by atoms with Gasteiger partial charge in [-0.3, -0.25) is 4.79 Å². The zero-order valence-electron chi connectivity index (χ0n) is 8.93. The van der Waals surface area contributed by atoms with Gasteiger partial charge in [0.15, 0.2) is 0 Å². The molecule has 0 bridgehead atoms. The Morgan fingerprint density at radius 2 is 2.13 bits per heavy atom. The van der Waals surface area contributed by atoms with Crippen LogP contribution in [0, 0.1) is 0 Å². The first-order chi connectivity index (χ1) is 6.97. The van der Waals surface area contributed by atoms with Crippen LogP contribution in [0.2, 0.25) is 0 Å². The van der Waals surface area contributed by atoms with Gasteiger partial charge in [-0.15, -0.1) is 0 Å². The molecule has 86 valence electrons. The van der Waals surface area contributed by atoms with Crippen LogP contribution in [0.15, 0.2) is 11.6 Å². The van der Waals surface area contributed by atoms with Crippen molar-refractivity contribution in [3.05, 3.63) is 11.6 Å². The van der Waals surface area contributed by atoms with E-state index < -0.39 is 19.7 Å². The molecule has 2 N–H and O–H groups in total. The summed E-state index contributed by atoms with van der Waals surface area (Å²) in [4.78, 5) is 11.2. The van der Waals surface area contributed by atoms with Crippen molar-refractivity contribution in [2.45, 2.75) is 26.3 Å². The number of carbonyl (C=O) groups excluding carboxylic acids is 1. The van der Waals surface area contributed by atoms with E-state index in [9.17, 15) is 13.9 Å². The predicted octanol–water partition coefficient (Wildman–Crippen LogP) is 1.39. The molecule has 0 aromatic carbocycles. The lowest BCUT2D eigenvalue weighted by Gasteiger charge is -2.07. The van der Waals surface area contributed by atoms with Crippen molar-refractivity contribution in [1.29, 1.82) is 0 Å². The fraction of sp³-hybridized carbons (Fsp3) is 0.667. The van der Waals surface area contributed by atoms with E-state index in [4.69, 9.17) is 10.5 Å². The molecule has 1 unspecified atom stereocenters. The smallest absolute Gasteiger partial charge is 0.326 e. The largest absolute Gasteiger partial charge is 0.464 e. The lowest BCUT2D eigenvalue weighted by atomic mass is 10.2. The van der Waals surface area contributed by atoms with E-state index in [-0.39, 0.29) is 6.16 Å². The van der Waals surface area contributed by atoms with E-state index in [1.165, 1.54) is 6.08 Å². The minimum atomic E-state index is -2.48. The molecule has 0 aromatic heterocycles. The fourth-order valence-electron chi connectivity index (χ4n) is 0.930. The van der Waals surface area contributed by atoms with Crippen LogP contribution in [0.4, 0.5) is 0 Å². The summed E-state index contributed by atoms with van der Waals surface area (Å²) in [6, 6.07) is -0.883. The number of rotatable bonds is 6. The van der Waals surface area contributed by atoms with Crippen LogP contribution in [-0.4, -0.2) is 24.8 Å². The van der Waals surface area contributed by atoms with Crippen LogP contribution in [0.5, 0.6) is 0 Å². The molecule has 0 saturated carbocycles. The molecule has 0 saturated heterocycles. The highest BCUT2D eigenvalue weighted by Crippen LogP contribution is 2.10. The predicted molar refractivity (Wildman–Crippen MR) is 56.1 cm³/mol. The van der Waals surface area contributed by atoms with Gasteiger partial charge in [-0.05, 0) is 13.3 Å². The van der Waals surface area contributed by atoms with E-state index in [1.54, 1.807) is 6.92 Å². The molecule has 0 heterocycles. The average Bonchev–Trinajstić information content (AvgIpc) is 2.12. The topological polar surface area (TPSA) is 86.5 Å². The fourth-order valence-corrected chi connectivity index (χ4v) is 1.44.